The standard InChI is InChI=1S/C12H16N6O3/c19-12(20)10-9-11(14-8-13-10)18(16-15-9)3-1-2-17-4-6-21-7-5-17/h8H,1-7H2,(H,19,20). The molecule has 0 aliphatic carbocycles. The zero-order chi connectivity index (χ0) is 14.7. The third-order valence-corrected chi connectivity index (χ3v) is 3.45. The lowest BCUT2D eigenvalue weighted by atomic mass is 10.3. The van der Waals surface area contributed by atoms with Crippen molar-refractivity contribution in [2.75, 3.05) is 32.8 Å². The van der Waals surface area contributed by atoms with Crippen molar-refractivity contribution in [3.63, 3.8) is 0 Å². The fourth-order valence-electron chi connectivity index (χ4n) is 2.37. The van der Waals surface area contributed by atoms with Gasteiger partial charge in [0.1, 0.15) is 6.33 Å². The summed E-state index contributed by atoms with van der Waals surface area (Å²) in [7, 11) is 0. The molecule has 0 radical (unpaired) electrons. The first-order chi connectivity index (χ1) is 10.3. The van der Waals surface area contributed by atoms with Gasteiger partial charge >= 0.3 is 5.97 Å². The predicted molar refractivity (Wildman–Crippen MR) is 72.0 cm³/mol. The Bertz CT molecular complexity index is 637. The molecule has 21 heavy (non-hydrogen) atoms. The Hall–Kier alpha value is -2.13. The SMILES string of the molecule is O=C(O)c1ncnc2c1nnn2CCCN1CCOCC1. The van der Waals surface area contributed by atoms with E-state index in [0.29, 0.717) is 12.2 Å². The zero-order valence-corrected chi connectivity index (χ0v) is 11.5. The molecule has 3 rings (SSSR count). The summed E-state index contributed by atoms with van der Waals surface area (Å²) in [6.45, 7) is 5.04. The van der Waals surface area contributed by atoms with Gasteiger partial charge in [0.15, 0.2) is 16.9 Å². The van der Waals surface area contributed by atoms with E-state index in [-0.39, 0.29) is 11.2 Å². The van der Waals surface area contributed by atoms with E-state index in [2.05, 4.69) is 25.2 Å². The van der Waals surface area contributed by atoms with Gasteiger partial charge in [0.2, 0.25) is 0 Å². The Kier molecular flexibility index (Phi) is 4.02. The van der Waals surface area contributed by atoms with E-state index in [1.165, 1.54) is 6.33 Å². The lowest BCUT2D eigenvalue weighted by Crippen LogP contribution is -2.37. The molecule has 0 aromatic carbocycles. The number of hydrogen-bond acceptors (Lipinski definition) is 7. The van der Waals surface area contributed by atoms with Crippen molar-refractivity contribution in [1.29, 1.82) is 0 Å². The van der Waals surface area contributed by atoms with E-state index in [1.807, 2.05) is 0 Å². The molecule has 9 heteroatoms. The highest BCUT2D eigenvalue weighted by molar-refractivity contribution is 5.97. The Morgan fingerprint density at radius 2 is 2.10 bits per heavy atom. The molecule has 0 amide bonds. The fourth-order valence-corrected chi connectivity index (χ4v) is 2.37. The molecule has 1 N–H and O–H groups in total. The Balaban J connectivity index is 1.67. The summed E-state index contributed by atoms with van der Waals surface area (Å²) in [5, 5.41) is 16.9. The molecule has 2 aromatic rings. The minimum Gasteiger partial charge on any atom is -0.476 e. The number of aromatic nitrogens is 5. The number of aromatic carboxylic acids is 1. The summed E-state index contributed by atoms with van der Waals surface area (Å²) < 4.78 is 6.93. The summed E-state index contributed by atoms with van der Waals surface area (Å²) in [5.41, 5.74) is 0.583. The van der Waals surface area contributed by atoms with E-state index in [0.717, 1.165) is 39.3 Å². The topological polar surface area (TPSA) is 106 Å². The van der Waals surface area contributed by atoms with E-state index in [4.69, 9.17) is 9.84 Å². The average molecular weight is 292 g/mol. The van der Waals surface area contributed by atoms with Crippen molar-refractivity contribution < 1.29 is 14.6 Å². The number of morpholine rings is 1. The van der Waals surface area contributed by atoms with Crippen LogP contribution in [0.2, 0.25) is 0 Å². The van der Waals surface area contributed by atoms with Gasteiger partial charge in [-0.25, -0.2) is 19.4 Å². The molecule has 1 fully saturated rings. The molecule has 0 spiro atoms. The largest absolute Gasteiger partial charge is 0.476 e. The number of hydrogen-bond donors (Lipinski definition) is 1. The third-order valence-electron chi connectivity index (χ3n) is 3.45. The van der Waals surface area contributed by atoms with Crippen molar-refractivity contribution in [2.24, 2.45) is 0 Å². The molecule has 9 nitrogen and oxygen atoms in total. The van der Waals surface area contributed by atoms with Crippen LogP contribution in [0, 0.1) is 0 Å². The fraction of sp³-hybridized carbons (Fsp3) is 0.583. The number of fused-ring (bicyclic) bond motifs is 1. The number of carboxylic acids is 1. The van der Waals surface area contributed by atoms with Crippen molar-refractivity contribution >= 4 is 17.1 Å². The van der Waals surface area contributed by atoms with E-state index >= 15 is 0 Å². The van der Waals surface area contributed by atoms with Gasteiger partial charge < -0.3 is 9.84 Å². The smallest absolute Gasteiger partial charge is 0.357 e. The zero-order valence-electron chi connectivity index (χ0n) is 11.5. The predicted octanol–water partition coefficient (Wildman–Crippen LogP) is -0.358. The highest BCUT2D eigenvalue weighted by atomic mass is 16.5. The van der Waals surface area contributed by atoms with E-state index in [9.17, 15) is 4.79 Å². The maximum Gasteiger partial charge on any atom is 0.357 e. The lowest BCUT2D eigenvalue weighted by Gasteiger charge is -2.26. The van der Waals surface area contributed by atoms with Gasteiger partial charge in [-0.15, -0.1) is 5.10 Å². The van der Waals surface area contributed by atoms with Crippen LogP contribution in [0.25, 0.3) is 11.2 Å². The maximum atomic E-state index is 11.1. The number of ether oxygens (including phenoxy) is 1. The van der Waals surface area contributed by atoms with Gasteiger partial charge in [0, 0.05) is 26.2 Å². The summed E-state index contributed by atoms with van der Waals surface area (Å²) in [5.74, 6) is -1.12. The molecule has 0 unspecified atom stereocenters. The van der Waals surface area contributed by atoms with Crippen LogP contribution in [0.1, 0.15) is 16.9 Å². The third kappa shape index (κ3) is 2.98. The molecule has 1 aliphatic rings. The highest BCUT2D eigenvalue weighted by Crippen LogP contribution is 2.11. The number of nitrogens with zero attached hydrogens (tertiary/aromatic N) is 6. The van der Waals surface area contributed by atoms with Crippen molar-refractivity contribution in [1.82, 2.24) is 29.9 Å². The Labute approximate surface area is 120 Å². The molecule has 1 aliphatic heterocycles. The van der Waals surface area contributed by atoms with E-state index in [1.54, 1.807) is 4.68 Å². The first kappa shape index (κ1) is 13.8. The summed E-state index contributed by atoms with van der Waals surface area (Å²) in [6, 6.07) is 0. The number of aryl methyl sites for hydroxylation is 1. The molecule has 0 atom stereocenters. The lowest BCUT2D eigenvalue weighted by molar-refractivity contribution is 0.0368. The van der Waals surface area contributed by atoms with Crippen molar-refractivity contribution in [3.05, 3.63) is 12.0 Å². The van der Waals surface area contributed by atoms with Crippen LogP contribution in [0.15, 0.2) is 6.33 Å². The molecule has 0 bridgehead atoms. The number of rotatable bonds is 5. The Morgan fingerprint density at radius 3 is 2.86 bits per heavy atom. The molecule has 0 saturated carbocycles. The van der Waals surface area contributed by atoms with Gasteiger partial charge in [0.05, 0.1) is 13.2 Å². The van der Waals surface area contributed by atoms with Crippen molar-refractivity contribution in [2.45, 2.75) is 13.0 Å². The maximum absolute atomic E-state index is 11.1. The van der Waals surface area contributed by atoms with Crippen molar-refractivity contribution in [3.8, 4) is 0 Å². The quantitative estimate of drug-likeness (QED) is 0.796. The molecular formula is C12H16N6O3. The molecular weight excluding hydrogens is 276 g/mol. The average Bonchev–Trinajstić information content (AvgIpc) is 2.91. The van der Waals surface area contributed by atoms with Gasteiger partial charge in [0.25, 0.3) is 0 Å². The second-order valence-corrected chi connectivity index (χ2v) is 4.82. The molecule has 1 saturated heterocycles. The summed E-state index contributed by atoms with van der Waals surface area (Å²) >= 11 is 0. The molecule has 112 valence electrons. The van der Waals surface area contributed by atoms with Crippen LogP contribution in [-0.2, 0) is 11.3 Å². The van der Waals surface area contributed by atoms with Crippen LogP contribution in [-0.4, -0.2) is 73.8 Å². The van der Waals surface area contributed by atoms with Gasteiger partial charge in [-0.2, -0.15) is 0 Å². The molecule has 3 heterocycles. The minimum atomic E-state index is -1.12. The second-order valence-electron chi connectivity index (χ2n) is 4.82. The van der Waals surface area contributed by atoms with Crippen LogP contribution < -0.4 is 0 Å². The van der Waals surface area contributed by atoms with Crippen LogP contribution in [0.4, 0.5) is 0 Å². The van der Waals surface area contributed by atoms with Gasteiger partial charge in [-0.3, -0.25) is 4.90 Å². The first-order valence-electron chi connectivity index (χ1n) is 6.83. The minimum absolute atomic E-state index is 0.112. The van der Waals surface area contributed by atoms with Gasteiger partial charge in [-0.05, 0) is 6.42 Å². The van der Waals surface area contributed by atoms with Crippen LogP contribution in [0.3, 0.4) is 0 Å². The summed E-state index contributed by atoms with van der Waals surface area (Å²) in [4.78, 5) is 21.2. The second kappa shape index (κ2) is 6.10. The van der Waals surface area contributed by atoms with E-state index < -0.39 is 5.97 Å². The highest BCUT2D eigenvalue weighted by Gasteiger charge is 2.16. The first-order valence-corrected chi connectivity index (χ1v) is 6.83. The number of carbonyl (C=O) groups is 1. The Morgan fingerprint density at radius 1 is 1.29 bits per heavy atom. The molecule has 2 aromatic heterocycles. The van der Waals surface area contributed by atoms with Crippen LogP contribution >= 0.6 is 0 Å². The number of carboxylic acid groups (broad SMARTS) is 1. The summed E-state index contributed by atoms with van der Waals surface area (Å²) in [6.07, 6.45) is 2.12. The monoisotopic (exact) mass is 292 g/mol. The van der Waals surface area contributed by atoms with Gasteiger partial charge in [-0.1, -0.05) is 5.21 Å². The van der Waals surface area contributed by atoms with Crippen LogP contribution in [0.5, 0.6) is 0 Å². The normalized spacial score (nSPS) is 16.4.